The normalized spacial score (nSPS) is 9.86. The van der Waals surface area contributed by atoms with E-state index in [1.807, 2.05) is 0 Å². The van der Waals surface area contributed by atoms with Gasteiger partial charge in [0.1, 0.15) is 0 Å². The second-order valence-corrected chi connectivity index (χ2v) is 6.11. The Bertz CT molecular complexity index is 188. The molecule has 0 bridgehead atoms. The maximum absolute atomic E-state index is 5.08. The minimum atomic E-state index is 0.158. The fourth-order valence-corrected chi connectivity index (χ4v) is 2.17. The van der Waals surface area contributed by atoms with Crippen LogP contribution in [0.1, 0.15) is 104 Å². The Balaban J connectivity index is 0. The zero-order valence-electron chi connectivity index (χ0n) is 14.8. The van der Waals surface area contributed by atoms with Gasteiger partial charge in [-0.25, -0.2) is 0 Å². The predicted octanol–water partition coefficient (Wildman–Crippen LogP) is 6.36. The van der Waals surface area contributed by atoms with Gasteiger partial charge in [0.15, 0.2) is 0 Å². The van der Waals surface area contributed by atoms with Gasteiger partial charge in [-0.3, -0.25) is 0 Å². The molecule has 0 saturated heterocycles. The molecule has 0 rings (SSSR count). The highest BCUT2D eigenvalue weighted by molar-refractivity contribution is 7.80. The summed E-state index contributed by atoms with van der Waals surface area (Å²) < 4.78 is 4.85. The van der Waals surface area contributed by atoms with Gasteiger partial charge < -0.3 is 10.5 Å². The van der Waals surface area contributed by atoms with Crippen molar-refractivity contribution in [3.63, 3.8) is 0 Å². The fourth-order valence-electron chi connectivity index (χ4n) is 2.09. The molecule has 0 atom stereocenters. The third kappa shape index (κ3) is 28.6. The Morgan fingerprint density at radius 2 is 1.00 bits per heavy atom. The summed E-state index contributed by atoms with van der Waals surface area (Å²) in [4.78, 5) is 0. The molecule has 2 N–H and O–H groups in total. The predicted molar refractivity (Wildman–Crippen MR) is 99.8 cm³/mol. The summed E-state index contributed by atoms with van der Waals surface area (Å²) in [5.74, 6) is 0. The molecule has 0 aliphatic carbocycles. The van der Waals surface area contributed by atoms with Crippen molar-refractivity contribution in [2.24, 2.45) is 5.73 Å². The Morgan fingerprint density at radius 1 is 0.667 bits per heavy atom. The maximum Gasteiger partial charge on any atom is 0.253 e. The lowest BCUT2D eigenvalue weighted by Gasteiger charge is -2.00. The van der Waals surface area contributed by atoms with E-state index in [2.05, 4.69) is 33.0 Å². The first-order valence-electron chi connectivity index (χ1n) is 9.11. The second-order valence-electron chi connectivity index (χ2n) is 5.70. The Labute approximate surface area is 139 Å². The maximum atomic E-state index is 5.08. The molecule has 0 aliphatic rings. The van der Waals surface area contributed by atoms with Gasteiger partial charge >= 0.3 is 0 Å². The molecule has 0 aromatic rings. The Kier molecular flexibility index (Phi) is 24.0. The highest BCUT2D eigenvalue weighted by atomic mass is 32.1. The zero-order chi connectivity index (χ0) is 16.2. The van der Waals surface area contributed by atoms with E-state index in [-0.39, 0.29) is 5.17 Å². The van der Waals surface area contributed by atoms with Gasteiger partial charge in [0.2, 0.25) is 0 Å². The summed E-state index contributed by atoms with van der Waals surface area (Å²) in [5, 5.41) is 0.158. The van der Waals surface area contributed by atoms with Crippen molar-refractivity contribution in [3.05, 3.63) is 0 Å². The number of nitrogens with two attached hydrogens (primary N) is 1. The van der Waals surface area contributed by atoms with E-state index in [4.69, 9.17) is 10.5 Å². The minimum Gasteiger partial charge on any atom is -0.471 e. The van der Waals surface area contributed by atoms with Gasteiger partial charge in [0.05, 0.1) is 6.61 Å². The van der Waals surface area contributed by atoms with Gasteiger partial charge in [-0.2, -0.15) is 0 Å². The van der Waals surface area contributed by atoms with Gasteiger partial charge in [-0.1, -0.05) is 97.8 Å². The summed E-state index contributed by atoms with van der Waals surface area (Å²) in [7, 11) is 0. The van der Waals surface area contributed by atoms with Crippen molar-refractivity contribution < 1.29 is 4.74 Å². The molecule has 0 radical (unpaired) electrons. The van der Waals surface area contributed by atoms with Gasteiger partial charge in [0, 0.05) is 0 Å². The van der Waals surface area contributed by atoms with Crippen LogP contribution in [0.4, 0.5) is 0 Å². The lowest BCUT2D eigenvalue weighted by molar-refractivity contribution is 0.297. The molecule has 128 valence electrons. The first kappa shape index (κ1) is 23.0. The van der Waals surface area contributed by atoms with Crippen LogP contribution in [0.2, 0.25) is 0 Å². The summed E-state index contributed by atoms with van der Waals surface area (Å²) >= 11 is 4.50. The SMILES string of the molecule is CCCCCCCCCCCC.CCCCCOC(N)=S. The van der Waals surface area contributed by atoms with Crippen LogP contribution in [0.15, 0.2) is 0 Å². The highest BCUT2D eigenvalue weighted by Gasteiger charge is 1.90. The molecule has 0 amide bonds. The zero-order valence-corrected chi connectivity index (χ0v) is 15.6. The standard InChI is InChI=1S/C12H26.C6H13NOS/c1-3-5-7-9-11-12-10-8-6-4-2;1-2-3-4-5-8-6(7)9/h3-12H2,1-2H3;2-5H2,1H3,(H2,7,9). The number of rotatable bonds is 13. The van der Waals surface area contributed by atoms with Crippen LogP contribution in [-0.2, 0) is 4.74 Å². The lowest BCUT2D eigenvalue weighted by atomic mass is 10.1. The summed E-state index contributed by atoms with van der Waals surface area (Å²) in [6.07, 6.45) is 17.9. The van der Waals surface area contributed by atoms with Crippen molar-refractivity contribution in [3.8, 4) is 0 Å². The summed E-state index contributed by atoms with van der Waals surface area (Å²) in [6.45, 7) is 7.37. The molecule has 0 aromatic carbocycles. The molecule has 21 heavy (non-hydrogen) atoms. The number of ether oxygens (including phenoxy) is 1. The van der Waals surface area contributed by atoms with Crippen molar-refractivity contribution in [2.75, 3.05) is 6.61 Å². The first-order valence-corrected chi connectivity index (χ1v) is 9.52. The molecule has 0 fully saturated rings. The van der Waals surface area contributed by atoms with Crippen LogP contribution in [0.5, 0.6) is 0 Å². The molecular formula is C18H39NOS. The summed E-state index contributed by atoms with van der Waals surface area (Å²) in [5.41, 5.74) is 5.08. The van der Waals surface area contributed by atoms with E-state index in [9.17, 15) is 0 Å². The molecule has 0 unspecified atom stereocenters. The van der Waals surface area contributed by atoms with Gasteiger partial charge in [0.25, 0.3) is 5.17 Å². The van der Waals surface area contributed by atoms with Gasteiger partial charge in [-0.15, -0.1) is 0 Å². The first-order chi connectivity index (χ1) is 10.2. The molecule has 0 aromatic heterocycles. The van der Waals surface area contributed by atoms with Crippen LogP contribution in [0.25, 0.3) is 0 Å². The molecule has 0 heterocycles. The molecule has 0 aliphatic heterocycles. The minimum absolute atomic E-state index is 0.158. The molecular weight excluding hydrogens is 278 g/mol. The van der Waals surface area contributed by atoms with Crippen molar-refractivity contribution in [2.45, 2.75) is 104 Å². The second kappa shape index (κ2) is 22.0. The van der Waals surface area contributed by atoms with Crippen LogP contribution in [-0.4, -0.2) is 11.8 Å². The van der Waals surface area contributed by atoms with Crippen molar-refractivity contribution >= 4 is 17.4 Å². The number of thiocarbonyl (C=S) groups is 1. The third-order valence-corrected chi connectivity index (χ3v) is 3.57. The number of hydrogen-bond donors (Lipinski definition) is 1. The lowest BCUT2D eigenvalue weighted by Crippen LogP contribution is -2.13. The number of hydrogen-bond acceptors (Lipinski definition) is 2. The van der Waals surface area contributed by atoms with Crippen LogP contribution in [0, 0.1) is 0 Å². The van der Waals surface area contributed by atoms with Crippen molar-refractivity contribution in [1.29, 1.82) is 0 Å². The third-order valence-electron chi connectivity index (χ3n) is 3.45. The fraction of sp³-hybridized carbons (Fsp3) is 0.944. The number of unbranched alkanes of at least 4 members (excludes halogenated alkanes) is 11. The topological polar surface area (TPSA) is 35.2 Å². The molecule has 0 spiro atoms. The molecule has 0 saturated carbocycles. The molecule has 3 heteroatoms. The smallest absolute Gasteiger partial charge is 0.253 e. The van der Waals surface area contributed by atoms with Gasteiger partial charge in [-0.05, 0) is 18.6 Å². The Morgan fingerprint density at radius 3 is 1.33 bits per heavy atom. The van der Waals surface area contributed by atoms with E-state index in [1.165, 1.54) is 77.0 Å². The molecule has 2 nitrogen and oxygen atoms in total. The Hall–Kier alpha value is -0.310. The van der Waals surface area contributed by atoms with Crippen LogP contribution in [0.3, 0.4) is 0 Å². The van der Waals surface area contributed by atoms with Crippen molar-refractivity contribution in [1.82, 2.24) is 0 Å². The monoisotopic (exact) mass is 317 g/mol. The van der Waals surface area contributed by atoms with E-state index in [0.29, 0.717) is 6.61 Å². The summed E-state index contributed by atoms with van der Waals surface area (Å²) in [6, 6.07) is 0. The average Bonchev–Trinajstić information content (AvgIpc) is 2.47. The van der Waals surface area contributed by atoms with E-state index in [0.717, 1.165) is 6.42 Å². The van der Waals surface area contributed by atoms with Crippen LogP contribution < -0.4 is 5.73 Å². The quantitative estimate of drug-likeness (QED) is 0.317. The van der Waals surface area contributed by atoms with E-state index in [1.54, 1.807) is 0 Å². The average molecular weight is 318 g/mol. The largest absolute Gasteiger partial charge is 0.471 e. The highest BCUT2D eigenvalue weighted by Crippen LogP contribution is 2.09. The van der Waals surface area contributed by atoms with E-state index >= 15 is 0 Å². The van der Waals surface area contributed by atoms with E-state index < -0.39 is 0 Å². The van der Waals surface area contributed by atoms with Crippen LogP contribution >= 0.6 is 12.2 Å².